The third-order valence-electron chi connectivity index (χ3n) is 7.83. The number of rotatable bonds is 16. The molecule has 0 radical (unpaired) electrons. The minimum Gasteiger partial charge on any atom is -0.361 e. The number of hydrogen-bond acceptors (Lipinski definition) is 3. The third-order valence-corrected chi connectivity index (χ3v) is 12.1. The maximum Gasteiger partial charge on any atom is 0.197 e. The van der Waals surface area contributed by atoms with Gasteiger partial charge in [-0.1, -0.05) is 109 Å². The predicted molar refractivity (Wildman–Crippen MR) is 170 cm³/mol. The van der Waals surface area contributed by atoms with Crippen molar-refractivity contribution in [3.8, 4) is 0 Å². The van der Waals surface area contributed by atoms with Crippen molar-refractivity contribution >= 4 is 56.5 Å². The summed E-state index contributed by atoms with van der Waals surface area (Å²) >= 11 is 8.29. The van der Waals surface area contributed by atoms with E-state index in [-0.39, 0.29) is 5.43 Å². The summed E-state index contributed by atoms with van der Waals surface area (Å²) in [7, 11) is -1.97. The zero-order chi connectivity index (χ0) is 26.8. The van der Waals surface area contributed by atoms with E-state index in [0.29, 0.717) is 16.3 Å². The lowest BCUT2D eigenvalue weighted by Crippen LogP contribution is -2.12. The summed E-state index contributed by atoms with van der Waals surface area (Å²) < 4.78 is 8.89. The van der Waals surface area contributed by atoms with Gasteiger partial charge in [0.2, 0.25) is 0 Å². The Morgan fingerprint density at radius 3 is 2.30 bits per heavy atom. The number of hydrogen-bond donors (Lipinski definition) is 0. The van der Waals surface area contributed by atoms with Gasteiger partial charge in [-0.2, -0.15) is 0 Å². The predicted octanol–water partition coefficient (Wildman–Crippen LogP) is 10.8. The number of halogens is 1. The second-order valence-corrected chi connectivity index (χ2v) is 15.3. The number of benzene rings is 2. The van der Waals surface area contributed by atoms with Crippen molar-refractivity contribution in [3.05, 3.63) is 57.2 Å². The highest BCUT2D eigenvalue weighted by molar-refractivity contribution is 7.68. The lowest BCUT2D eigenvalue weighted by molar-refractivity contribution is 0.250. The van der Waals surface area contributed by atoms with Gasteiger partial charge in [0.25, 0.3) is 0 Å². The lowest BCUT2D eigenvalue weighted by atomic mass is 9.97. The molecule has 0 bridgehead atoms. The first-order chi connectivity index (χ1) is 17.9. The Labute approximate surface area is 233 Å². The Bertz CT molecular complexity index is 1230. The minimum atomic E-state index is -1.97. The molecule has 2 aromatic carbocycles. The molecule has 0 N–H and O–H groups in total. The molecule has 37 heavy (non-hydrogen) atoms. The molecule has 0 aliphatic heterocycles. The highest BCUT2D eigenvalue weighted by Gasteiger charge is 2.23. The van der Waals surface area contributed by atoms with E-state index in [2.05, 4.69) is 33.8 Å². The smallest absolute Gasteiger partial charge is 0.197 e. The monoisotopic (exact) mass is 560 g/mol. The quantitative estimate of drug-likeness (QED) is 0.129. The average Bonchev–Trinajstić information content (AvgIpc) is 2.90. The molecule has 0 aliphatic rings. The van der Waals surface area contributed by atoms with Crippen LogP contribution in [0.1, 0.15) is 91.0 Å². The average molecular weight is 561 g/mol. The van der Waals surface area contributed by atoms with Crippen molar-refractivity contribution in [3.63, 3.8) is 0 Å². The standard InChI is InChI=1S/C32H46ClO2PS/c1-6-10-14-24(8-3)20-21-36(5,35-22-25(9-4)15-11-7-2)23-26-18-19-28(33)30-31(34)27-16-12-13-17-29(27)37-32(26)30/h12-13,16-19,24-25H,5-11,14-15,20-23H2,1-4H3. The number of unbranched alkanes of at least 4 members (excludes halogenated alkanes) is 2. The van der Waals surface area contributed by atoms with Crippen LogP contribution in [0.3, 0.4) is 0 Å². The van der Waals surface area contributed by atoms with Gasteiger partial charge in [0, 0.05) is 28.1 Å². The van der Waals surface area contributed by atoms with Crippen LogP contribution in [-0.4, -0.2) is 19.1 Å². The Morgan fingerprint density at radius 1 is 0.946 bits per heavy atom. The highest BCUT2D eigenvalue weighted by Crippen LogP contribution is 2.53. The van der Waals surface area contributed by atoms with Gasteiger partial charge in [-0.15, -0.1) is 11.3 Å². The second kappa shape index (κ2) is 14.9. The van der Waals surface area contributed by atoms with E-state index in [4.69, 9.17) is 22.4 Å². The second-order valence-electron chi connectivity index (χ2n) is 10.7. The largest absolute Gasteiger partial charge is 0.361 e. The molecule has 0 aliphatic carbocycles. The van der Waals surface area contributed by atoms with E-state index in [1.54, 1.807) is 11.3 Å². The van der Waals surface area contributed by atoms with Crippen molar-refractivity contribution < 1.29 is 4.52 Å². The Hall–Kier alpha value is -1.12. The lowest BCUT2D eigenvalue weighted by Gasteiger charge is -2.29. The van der Waals surface area contributed by atoms with Gasteiger partial charge in [0.05, 0.1) is 17.0 Å². The van der Waals surface area contributed by atoms with Crippen LogP contribution < -0.4 is 5.43 Å². The van der Waals surface area contributed by atoms with Gasteiger partial charge in [-0.3, -0.25) is 4.79 Å². The summed E-state index contributed by atoms with van der Waals surface area (Å²) in [5.41, 5.74) is 1.19. The molecule has 204 valence electrons. The molecular weight excluding hydrogens is 515 g/mol. The molecule has 3 rings (SSSR count). The van der Waals surface area contributed by atoms with Crippen LogP contribution in [0, 0.1) is 11.8 Å². The van der Waals surface area contributed by atoms with Crippen molar-refractivity contribution in [2.45, 2.75) is 91.6 Å². The summed E-state index contributed by atoms with van der Waals surface area (Å²) in [6.07, 6.45) is 17.7. The molecule has 0 amide bonds. The molecule has 2 nitrogen and oxygen atoms in total. The molecule has 3 atom stereocenters. The summed E-state index contributed by atoms with van der Waals surface area (Å²) in [4.78, 5) is 13.4. The van der Waals surface area contributed by atoms with Gasteiger partial charge in [0.1, 0.15) is 0 Å². The highest BCUT2D eigenvalue weighted by atomic mass is 35.5. The molecule has 3 unspecified atom stereocenters. The van der Waals surface area contributed by atoms with Crippen molar-refractivity contribution in [2.24, 2.45) is 11.8 Å². The molecular formula is C32H46ClO2PS. The van der Waals surface area contributed by atoms with Crippen molar-refractivity contribution in [2.75, 3.05) is 12.8 Å². The molecule has 5 heteroatoms. The first kappa shape index (κ1) is 30.4. The Kier molecular flexibility index (Phi) is 12.2. The summed E-state index contributed by atoms with van der Waals surface area (Å²) in [5.74, 6) is 1.32. The van der Waals surface area contributed by atoms with Crippen LogP contribution in [-0.2, 0) is 10.7 Å². The van der Waals surface area contributed by atoms with Crippen LogP contribution >= 0.6 is 30.1 Å². The van der Waals surface area contributed by atoms with Gasteiger partial charge < -0.3 is 4.52 Å². The van der Waals surface area contributed by atoms with E-state index in [1.807, 2.05) is 30.3 Å². The van der Waals surface area contributed by atoms with Crippen LogP contribution in [0.2, 0.25) is 5.02 Å². The molecule has 3 aromatic rings. The van der Waals surface area contributed by atoms with E-state index >= 15 is 0 Å². The van der Waals surface area contributed by atoms with Gasteiger partial charge in [-0.05, 0) is 54.6 Å². The molecule has 0 saturated carbocycles. The Balaban J connectivity index is 1.96. The topological polar surface area (TPSA) is 26.3 Å². The third kappa shape index (κ3) is 8.18. The fourth-order valence-electron chi connectivity index (χ4n) is 5.17. The first-order valence-electron chi connectivity index (χ1n) is 14.3. The van der Waals surface area contributed by atoms with E-state index < -0.39 is 7.11 Å². The van der Waals surface area contributed by atoms with E-state index in [1.165, 1.54) is 56.9 Å². The van der Waals surface area contributed by atoms with Crippen LogP contribution in [0.15, 0.2) is 41.2 Å². The number of fused-ring (bicyclic) bond motifs is 2. The summed E-state index contributed by atoms with van der Waals surface area (Å²) in [6, 6.07) is 11.9. The summed E-state index contributed by atoms with van der Waals surface area (Å²) in [6.45, 7) is 9.92. The van der Waals surface area contributed by atoms with Crippen molar-refractivity contribution in [1.29, 1.82) is 0 Å². The zero-order valence-corrected chi connectivity index (χ0v) is 25.8. The normalized spacial score (nSPS) is 15.2. The van der Waals surface area contributed by atoms with E-state index in [0.717, 1.165) is 46.1 Å². The molecule has 1 aromatic heterocycles. The van der Waals surface area contributed by atoms with Crippen LogP contribution in [0.5, 0.6) is 0 Å². The van der Waals surface area contributed by atoms with Gasteiger partial charge >= 0.3 is 0 Å². The fourth-order valence-corrected chi connectivity index (χ4v) is 9.41. The Morgan fingerprint density at radius 2 is 1.62 bits per heavy atom. The minimum absolute atomic E-state index is 0.0290. The van der Waals surface area contributed by atoms with Crippen LogP contribution in [0.25, 0.3) is 20.2 Å². The molecule has 0 saturated heterocycles. The van der Waals surface area contributed by atoms with Crippen LogP contribution in [0.4, 0.5) is 0 Å². The van der Waals surface area contributed by atoms with Crippen molar-refractivity contribution in [1.82, 2.24) is 0 Å². The first-order valence-corrected chi connectivity index (χ1v) is 17.8. The van der Waals surface area contributed by atoms with Gasteiger partial charge in [0.15, 0.2) is 5.43 Å². The maximum absolute atomic E-state index is 13.4. The van der Waals surface area contributed by atoms with Gasteiger partial charge in [-0.25, -0.2) is 0 Å². The maximum atomic E-state index is 13.4. The summed E-state index contributed by atoms with van der Waals surface area (Å²) in [5, 5.41) is 1.93. The zero-order valence-electron chi connectivity index (χ0n) is 23.4. The SMILES string of the molecule is C=P(CCC(CC)CCCC)(Cc1ccc(Cl)c2c(=O)c3ccccc3sc12)OCC(CC)CCCC. The molecule has 0 fully saturated rings. The molecule has 0 spiro atoms. The van der Waals surface area contributed by atoms with E-state index in [9.17, 15) is 4.79 Å². The fraction of sp³-hybridized carbons (Fsp3) is 0.562. The molecule has 1 heterocycles.